The van der Waals surface area contributed by atoms with Gasteiger partial charge >= 0.3 is 0 Å². The predicted molar refractivity (Wildman–Crippen MR) is 90.1 cm³/mol. The molecule has 0 N–H and O–H groups in total. The summed E-state index contributed by atoms with van der Waals surface area (Å²) in [6.45, 7) is 8.68. The number of nitrogens with zero attached hydrogens (tertiary/aromatic N) is 2. The van der Waals surface area contributed by atoms with Crippen molar-refractivity contribution in [1.29, 1.82) is 5.26 Å². The van der Waals surface area contributed by atoms with Gasteiger partial charge in [0.05, 0.1) is 23.2 Å². The van der Waals surface area contributed by atoms with Crippen molar-refractivity contribution in [1.82, 2.24) is 4.90 Å². The summed E-state index contributed by atoms with van der Waals surface area (Å²) in [5, 5.41) is 8.88. The molecule has 2 rings (SSSR count). The largest absolute Gasteiger partial charge is 0.332 e. The van der Waals surface area contributed by atoms with Crippen LogP contribution < -0.4 is 0 Å². The smallest absolute Gasteiger partial charge is 0.255 e. The molecule has 2 aromatic rings. The third kappa shape index (κ3) is 3.20. The Balaban J connectivity index is 2.28. The number of rotatable bonds is 4. The molecule has 0 aliphatic heterocycles. The van der Waals surface area contributed by atoms with E-state index < -0.39 is 0 Å². The van der Waals surface area contributed by atoms with Gasteiger partial charge in [-0.3, -0.25) is 4.79 Å². The Morgan fingerprint density at radius 1 is 1.32 bits per heavy atom. The number of amides is 1. The fourth-order valence-corrected chi connectivity index (χ4v) is 3.52. The lowest BCUT2D eigenvalue weighted by atomic mass is 10.0. The maximum absolute atomic E-state index is 12.8. The highest BCUT2D eigenvalue weighted by Crippen LogP contribution is 2.27. The van der Waals surface area contributed by atoms with E-state index in [1.165, 1.54) is 0 Å². The fourth-order valence-electron chi connectivity index (χ4n) is 2.61. The van der Waals surface area contributed by atoms with Gasteiger partial charge in [-0.1, -0.05) is 12.1 Å². The SMILES string of the molecule is CCN(C(=O)c1cc(C)sc1C)C(C)c1ccc(C#N)cc1. The molecule has 1 aromatic carbocycles. The van der Waals surface area contributed by atoms with E-state index in [1.807, 2.05) is 50.8 Å². The first-order valence-corrected chi connectivity index (χ1v) is 8.17. The Morgan fingerprint density at radius 2 is 1.95 bits per heavy atom. The number of thiophene rings is 1. The molecule has 0 aliphatic rings. The van der Waals surface area contributed by atoms with E-state index in [2.05, 4.69) is 6.07 Å². The van der Waals surface area contributed by atoms with Crippen LogP contribution in [0.15, 0.2) is 30.3 Å². The molecule has 4 heteroatoms. The monoisotopic (exact) mass is 312 g/mol. The third-order valence-corrected chi connectivity index (χ3v) is 4.83. The summed E-state index contributed by atoms with van der Waals surface area (Å²) in [6.07, 6.45) is 0. The Labute approximate surface area is 135 Å². The number of hydrogen-bond donors (Lipinski definition) is 0. The summed E-state index contributed by atoms with van der Waals surface area (Å²) in [5.74, 6) is 0.0706. The summed E-state index contributed by atoms with van der Waals surface area (Å²) in [5.41, 5.74) is 2.47. The Hall–Kier alpha value is -2.12. The molecule has 0 bridgehead atoms. The van der Waals surface area contributed by atoms with Crippen LogP contribution in [-0.4, -0.2) is 17.4 Å². The van der Waals surface area contributed by atoms with E-state index >= 15 is 0 Å². The zero-order valence-electron chi connectivity index (χ0n) is 13.4. The predicted octanol–water partition coefficient (Wildman–Crippen LogP) is 4.46. The van der Waals surface area contributed by atoms with Crippen LogP contribution in [0.5, 0.6) is 0 Å². The second-order valence-electron chi connectivity index (χ2n) is 5.33. The fraction of sp³-hybridized carbons (Fsp3) is 0.333. The zero-order valence-corrected chi connectivity index (χ0v) is 14.2. The molecule has 1 heterocycles. The molecule has 0 saturated heterocycles. The summed E-state index contributed by atoms with van der Waals surface area (Å²) in [7, 11) is 0. The maximum Gasteiger partial charge on any atom is 0.255 e. The summed E-state index contributed by atoms with van der Waals surface area (Å²) < 4.78 is 0. The van der Waals surface area contributed by atoms with E-state index in [4.69, 9.17) is 5.26 Å². The molecule has 0 radical (unpaired) electrons. The molecular formula is C18H20N2OS. The standard InChI is InChI=1S/C18H20N2OS/c1-5-20(18(21)17-10-12(2)22-14(17)4)13(3)16-8-6-15(11-19)7-9-16/h6-10,13H,5H2,1-4H3. The summed E-state index contributed by atoms with van der Waals surface area (Å²) in [6, 6.07) is 11.5. The highest BCUT2D eigenvalue weighted by atomic mass is 32.1. The Bertz CT molecular complexity index is 710. The molecule has 114 valence electrons. The van der Waals surface area contributed by atoms with E-state index in [-0.39, 0.29) is 11.9 Å². The Kier molecular flexibility index (Phi) is 4.99. The third-order valence-electron chi connectivity index (χ3n) is 3.86. The van der Waals surface area contributed by atoms with E-state index in [1.54, 1.807) is 23.5 Å². The van der Waals surface area contributed by atoms with Crippen molar-refractivity contribution in [2.75, 3.05) is 6.54 Å². The first-order valence-electron chi connectivity index (χ1n) is 7.36. The second-order valence-corrected chi connectivity index (χ2v) is 6.79. The molecule has 1 aromatic heterocycles. The number of aryl methyl sites for hydroxylation is 2. The first-order chi connectivity index (χ1) is 10.5. The van der Waals surface area contributed by atoms with Crippen molar-refractivity contribution in [3.63, 3.8) is 0 Å². The van der Waals surface area contributed by atoms with Gasteiger partial charge in [0.1, 0.15) is 0 Å². The molecule has 3 nitrogen and oxygen atoms in total. The van der Waals surface area contributed by atoms with Crippen molar-refractivity contribution in [3.05, 3.63) is 56.8 Å². The normalized spacial score (nSPS) is 11.8. The van der Waals surface area contributed by atoms with Gasteiger partial charge in [0.2, 0.25) is 0 Å². The van der Waals surface area contributed by atoms with Crippen molar-refractivity contribution in [2.24, 2.45) is 0 Å². The maximum atomic E-state index is 12.8. The number of hydrogen-bond acceptors (Lipinski definition) is 3. The van der Waals surface area contributed by atoms with Crippen molar-refractivity contribution in [2.45, 2.75) is 33.7 Å². The van der Waals surface area contributed by atoms with Gasteiger partial charge < -0.3 is 4.90 Å². The van der Waals surface area contributed by atoms with Crippen LogP contribution in [0.3, 0.4) is 0 Å². The number of carbonyl (C=O) groups is 1. The van der Waals surface area contributed by atoms with E-state index in [0.29, 0.717) is 12.1 Å². The van der Waals surface area contributed by atoms with Crippen LogP contribution in [0, 0.1) is 25.2 Å². The molecule has 0 aliphatic carbocycles. The van der Waals surface area contributed by atoms with Crippen LogP contribution >= 0.6 is 11.3 Å². The van der Waals surface area contributed by atoms with Crippen LogP contribution in [0.25, 0.3) is 0 Å². The van der Waals surface area contributed by atoms with Gasteiger partial charge in [0.25, 0.3) is 5.91 Å². The lowest BCUT2D eigenvalue weighted by Crippen LogP contribution is -2.33. The average molecular weight is 312 g/mol. The molecule has 0 spiro atoms. The van der Waals surface area contributed by atoms with Crippen molar-refractivity contribution >= 4 is 17.2 Å². The molecular weight excluding hydrogens is 292 g/mol. The highest BCUT2D eigenvalue weighted by Gasteiger charge is 2.23. The van der Waals surface area contributed by atoms with Crippen molar-refractivity contribution in [3.8, 4) is 6.07 Å². The summed E-state index contributed by atoms with van der Waals surface area (Å²) >= 11 is 1.65. The number of nitriles is 1. The van der Waals surface area contributed by atoms with Gasteiger partial charge in [-0.2, -0.15) is 5.26 Å². The lowest BCUT2D eigenvalue weighted by molar-refractivity contribution is 0.0702. The molecule has 1 unspecified atom stereocenters. The van der Waals surface area contributed by atoms with Gasteiger partial charge in [0.15, 0.2) is 0 Å². The zero-order chi connectivity index (χ0) is 16.3. The average Bonchev–Trinajstić information content (AvgIpc) is 2.86. The molecule has 0 saturated carbocycles. The Morgan fingerprint density at radius 3 is 2.41 bits per heavy atom. The highest BCUT2D eigenvalue weighted by molar-refractivity contribution is 7.12. The topological polar surface area (TPSA) is 44.1 Å². The minimum atomic E-state index is -0.0233. The van der Waals surface area contributed by atoms with Crippen LogP contribution in [-0.2, 0) is 0 Å². The molecule has 1 amide bonds. The van der Waals surface area contributed by atoms with Crippen molar-refractivity contribution < 1.29 is 4.79 Å². The second kappa shape index (κ2) is 6.76. The quantitative estimate of drug-likeness (QED) is 0.836. The van der Waals surface area contributed by atoms with Crippen LogP contribution in [0.2, 0.25) is 0 Å². The number of carbonyl (C=O) groups excluding carboxylic acids is 1. The molecule has 1 atom stereocenters. The van der Waals surface area contributed by atoms with Crippen LogP contribution in [0.4, 0.5) is 0 Å². The van der Waals surface area contributed by atoms with Crippen LogP contribution in [0.1, 0.15) is 51.1 Å². The number of benzene rings is 1. The van der Waals surface area contributed by atoms with Gasteiger partial charge in [-0.25, -0.2) is 0 Å². The minimum absolute atomic E-state index is 0.0233. The summed E-state index contributed by atoms with van der Waals surface area (Å²) in [4.78, 5) is 16.9. The lowest BCUT2D eigenvalue weighted by Gasteiger charge is -2.28. The van der Waals surface area contributed by atoms with Gasteiger partial charge in [-0.05, 0) is 51.5 Å². The first kappa shape index (κ1) is 16.3. The minimum Gasteiger partial charge on any atom is -0.332 e. The van der Waals surface area contributed by atoms with Gasteiger partial charge in [-0.15, -0.1) is 11.3 Å². The van der Waals surface area contributed by atoms with E-state index in [9.17, 15) is 4.79 Å². The van der Waals surface area contributed by atoms with Gasteiger partial charge in [0, 0.05) is 16.3 Å². The molecule has 22 heavy (non-hydrogen) atoms. The van der Waals surface area contributed by atoms with E-state index in [0.717, 1.165) is 20.9 Å². The molecule has 0 fully saturated rings.